The molecule has 26 heavy (non-hydrogen) atoms. The number of benzene rings is 2. The summed E-state index contributed by atoms with van der Waals surface area (Å²) in [7, 11) is 0. The van der Waals surface area contributed by atoms with Gasteiger partial charge in [-0.1, -0.05) is 30.3 Å². The molecule has 1 aliphatic rings. The number of halogens is 1. The van der Waals surface area contributed by atoms with Gasteiger partial charge >= 0.3 is 0 Å². The number of nitrogens with zero attached hydrogens (tertiary/aromatic N) is 1. The van der Waals surface area contributed by atoms with E-state index < -0.39 is 11.9 Å². The number of rotatable bonds is 5. The average molecular weight is 357 g/mol. The van der Waals surface area contributed by atoms with Crippen LogP contribution in [0.1, 0.15) is 25.5 Å². The molecule has 0 radical (unpaired) electrons. The van der Waals surface area contributed by atoms with Crippen LogP contribution in [0.25, 0.3) is 0 Å². The van der Waals surface area contributed by atoms with Gasteiger partial charge in [0.2, 0.25) is 5.91 Å². The van der Waals surface area contributed by atoms with Gasteiger partial charge in [0.1, 0.15) is 11.9 Å². The largest absolute Gasteiger partial charge is 0.372 e. The van der Waals surface area contributed by atoms with E-state index in [0.717, 1.165) is 5.56 Å². The normalized spacial score (nSPS) is 21.3. The lowest BCUT2D eigenvalue weighted by molar-refractivity contribution is -0.118. The number of nitrogens with two attached hydrogens (primary N) is 1. The molecule has 1 aliphatic heterocycles. The summed E-state index contributed by atoms with van der Waals surface area (Å²) in [6.07, 6.45) is 0.0987. The van der Waals surface area contributed by atoms with Gasteiger partial charge in [0.25, 0.3) is 0 Å². The molecule has 0 saturated carbocycles. The molecule has 1 heterocycles. The van der Waals surface area contributed by atoms with Crippen LogP contribution in [0.15, 0.2) is 48.5 Å². The Kier molecular flexibility index (Phi) is 5.42. The summed E-state index contributed by atoms with van der Waals surface area (Å²) in [5.41, 5.74) is 7.29. The first-order valence-corrected chi connectivity index (χ1v) is 8.75. The minimum Gasteiger partial charge on any atom is -0.372 e. The molecule has 3 N–H and O–H groups in total. The van der Waals surface area contributed by atoms with Crippen LogP contribution in [0.3, 0.4) is 0 Å². The van der Waals surface area contributed by atoms with Crippen molar-refractivity contribution in [2.45, 2.75) is 32.1 Å². The third-order valence-electron chi connectivity index (χ3n) is 4.44. The highest BCUT2D eigenvalue weighted by Crippen LogP contribution is 2.28. The van der Waals surface area contributed by atoms with Gasteiger partial charge in [-0.3, -0.25) is 4.79 Å². The first-order chi connectivity index (χ1) is 12.4. The molecule has 0 bridgehead atoms. The number of primary amides is 1. The first-order valence-electron chi connectivity index (χ1n) is 8.75. The SMILES string of the molecule is C[C@@H]1CN(c2ccc(N[C@H](C(N)=O)c3ccccc3)cc2F)C[C@H](C)O1. The standard InChI is InChI=1S/C20H24FN3O2/c1-13-11-24(12-14(2)26-13)18-9-8-16(10-17(18)21)23-19(20(22)25)15-6-4-3-5-7-15/h3-10,13-14,19,23H,11-12H2,1-2H3,(H2,22,25)/t13-,14+,19-/m0/s1. The van der Waals surface area contributed by atoms with Crippen LogP contribution >= 0.6 is 0 Å². The van der Waals surface area contributed by atoms with Crippen molar-refractivity contribution in [1.82, 2.24) is 0 Å². The topological polar surface area (TPSA) is 67.6 Å². The molecular formula is C20H24FN3O2. The van der Waals surface area contributed by atoms with Crippen LogP contribution in [0.4, 0.5) is 15.8 Å². The van der Waals surface area contributed by atoms with Gasteiger partial charge in [-0.05, 0) is 37.6 Å². The minimum atomic E-state index is -0.718. The van der Waals surface area contributed by atoms with Gasteiger partial charge in [0.15, 0.2) is 0 Å². The Labute approximate surface area is 152 Å². The van der Waals surface area contributed by atoms with E-state index in [0.29, 0.717) is 24.5 Å². The number of carbonyl (C=O) groups is 1. The molecule has 0 aromatic heterocycles. The zero-order chi connectivity index (χ0) is 18.7. The highest BCUT2D eigenvalue weighted by Gasteiger charge is 2.25. The molecule has 1 fully saturated rings. The summed E-state index contributed by atoms with van der Waals surface area (Å²) in [4.78, 5) is 13.8. The lowest BCUT2D eigenvalue weighted by atomic mass is 10.1. The average Bonchev–Trinajstić information content (AvgIpc) is 2.59. The molecule has 2 aromatic rings. The maximum absolute atomic E-state index is 14.7. The second kappa shape index (κ2) is 7.74. The molecule has 0 aliphatic carbocycles. The van der Waals surface area contributed by atoms with Crippen LogP contribution in [-0.2, 0) is 9.53 Å². The number of anilines is 2. The molecule has 2 aromatic carbocycles. The summed E-state index contributed by atoms with van der Waals surface area (Å²) in [6, 6.07) is 13.3. The van der Waals surface area contributed by atoms with Crippen molar-refractivity contribution >= 4 is 17.3 Å². The van der Waals surface area contributed by atoms with Crippen molar-refractivity contribution in [3.63, 3.8) is 0 Å². The maximum Gasteiger partial charge on any atom is 0.244 e. The van der Waals surface area contributed by atoms with E-state index in [1.165, 1.54) is 6.07 Å². The Morgan fingerprint density at radius 1 is 1.19 bits per heavy atom. The Balaban J connectivity index is 1.79. The number of nitrogens with one attached hydrogen (secondary N) is 1. The highest BCUT2D eigenvalue weighted by atomic mass is 19.1. The summed E-state index contributed by atoms with van der Waals surface area (Å²) < 4.78 is 20.4. The number of hydrogen-bond donors (Lipinski definition) is 2. The van der Waals surface area contributed by atoms with E-state index in [1.54, 1.807) is 12.1 Å². The summed E-state index contributed by atoms with van der Waals surface area (Å²) in [6.45, 7) is 5.24. The lowest BCUT2D eigenvalue weighted by Crippen LogP contribution is -2.45. The summed E-state index contributed by atoms with van der Waals surface area (Å²) >= 11 is 0. The molecule has 0 spiro atoms. The number of carbonyl (C=O) groups excluding carboxylic acids is 1. The zero-order valence-corrected chi connectivity index (χ0v) is 15.0. The molecule has 1 amide bonds. The summed E-state index contributed by atoms with van der Waals surface area (Å²) in [5.74, 6) is -0.857. The van der Waals surface area contributed by atoms with Crippen molar-refractivity contribution < 1.29 is 13.9 Å². The van der Waals surface area contributed by atoms with Crippen LogP contribution in [0.5, 0.6) is 0 Å². The Morgan fingerprint density at radius 2 is 1.85 bits per heavy atom. The Hall–Kier alpha value is -2.60. The molecule has 5 nitrogen and oxygen atoms in total. The lowest BCUT2D eigenvalue weighted by Gasteiger charge is -2.37. The third kappa shape index (κ3) is 4.14. The molecule has 0 unspecified atom stereocenters. The van der Waals surface area contributed by atoms with Crippen molar-refractivity contribution in [2.24, 2.45) is 5.73 Å². The Bertz CT molecular complexity index is 759. The molecule has 138 valence electrons. The van der Waals surface area contributed by atoms with E-state index in [1.807, 2.05) is 49.1 Å². The fraction of sp³-hybridized carbons (Fsp3) is 0.350. The molecule has 1 saturated heterocycles. The van der Waals surface area contributed by atoms with Crippen molar-refractivity contribution in [3.05, 3.63) is 59.9 Å². The minimum absolute atomic E-state index is 0.0493. The van der Waals surface area contributed by atoms with E-state index in [4.69, 9.17) is 10.5 Å². The van der Waals surface area contributed by atoms with Gasteiger partial charge in [0.05, 0.1) is 17.9 Å². The van der Waals surface area contributed by atoms with Crippen molar-refractivity contribution in [3.8, 4) is 0 Å². The zero-order valence-electron chi connectivity index (χ0n) is 15.0. The maximum atomic E-state index is 14.7. The van der Waals surface area contributed by atoms with Crippen LogP contribution < -0.4 is 16.0 Å². The van der Waals surface area contributed by atoms with E-state index in [9.17, 15) is 9.18 Å². The fourth-order valence-electron chi connectivity index (χ4n) is 3.36. The molecule has 3 rings (SSSR count). The van der Waals surface area contributed by atoms with E-state index in [-0.39, 0.29) is 18.0 Å². The molecular weight excluding hydrogens is 333 g/mol. The van der Waals surface area contributed by atoms with Gasteiger partial charge in [-0.2, -0.15) is 0 Å². The van der Waals surface area contributed by atoms with Gasteiger partial charge in [0, 0.05) is 18.8 Å². The molecule has 3 atom stereocenters. The van der Waals surface area contributed by atoms with Crippen LogP contribution in [-0.4, -0.2) is 31.2 Å². The Morgan fingerprint density at radius 3 is 2.42 bits per heavy atom. The van der Waals surface area contributed by atoms with Crippen LogP contribution in [0.2, 0.25) is 0 Å². The van der Waals surface area contributed by atoms with Crippen molar-refractivity contribution in [2.75, 3.05) is 23.3 Å². The fourth-order valence-corrected chi connectivity index (χ4v) is 3.36. The monoisotopic (exact) mass is 357 g/mol. The summed E-state index contributed by atoms with van der Waals surface area (Å²) in [5, 5.41) is 3.03. The first kappa shape index (κ1) is 18.2. The van der Waals surface area contributed by atoms with Gasteiger partial charge in [-0.15, -0.1) is 0 Å². The second-order valence-electron chi connectivity index (χ2n) is 6.72. The van der Waals surface area contributed by atoms with Crippen LogP contribution in [0, 0.1) is 5.82 Å². The van der Waals surface area contributed by atoms with E-state index in [2.05, 4.69) is 5.32 Å². The van der Waals surface area contributed by atoms with Gasteiger partial charge < -0.3 is 20.7 Å². The predicted molar refractivity (Wildman–Crippen MR) is 101 cm³/mol. The quantitative estimate of drug-likeness (QED) is 0.863. The molecule has 6 heteroatoms. The number of hydrogen-bond acceptors (Lipinski definition) is 4. The smallest absolute Gasteiger partial charge is 0.244 e. The number of morpholine rings is 1. The van der Waals surface area contributed by atoms with E-state index >= 15 is 0 Å². The number of ether oxygens (including phenoxy) is 1. The third-order valence-corrected chi connectivity index (χ3v) is 4.44. The van der Waals surface area contributed by atoms with Gasteiger partial charge in [-0.25, -0.2) is 4.39 Å². The highest BCUT2D eigenvalue weighted by molar-refractivity contribution is 5.84. The predicted octanol–water partition coefficient (Wildman–Crippen LogP) is 3.08. The second-order valence-corrected chi connectivity index (χ2v) is 6.72. The van der Waals surface area contributed by atoms with Crippen molar-refractivity contribution in [1.29, 1.82) is 0 Å². The number of amides is 1.